The predicted molar refractivity (Wildman–Crippen MR) is 282 cm³/mol. The van der Waals surface area contributed by atoms with Gasteiger partial charge >= 0.3 is 0 Å². The van der Waals surface area contributed by atoms with E-state index < -0.39 is 24.3 Å². The minimum absolute atomic E-state index is 0.0755. The van der Waals surface area contributed by atoms with Gasteiger partial charge in [-0.05, 0) is 83.2 Å². The van der Waals surface area contributed by atoms with Crippen LogP contribution in [0.25, 0.3) is 0 Å². The predicted octanol–water partition coefficient (Wildman–Crippen LogP) is 13.2. The Bertz CT molecular complexity index is 947. The highest BCUT2D eigenvalue weighted by atomic mass is 16.3. The van der Waals surface area contributed by atoms with Gasteiger partial charge in [0.2, 0.25) is 11.8 Å². The lowest BCUT2D eigenvalue weighted by Gasteiger charge is -2.31. The normalized spacial score (nSPS) is 17.4. The zero-order valence-corrected chi connectivity index (χ0v) is 44.6. The first kappa shape index (κ1) is 62.8. The van der Waals surface area contributed by atoms with Crippen molar-refractivity contribution in [3.8, 4) is 0 Å². The molecule has 5 N–H and O–H groups in total. The molecular weight excluding hydrogens is 821 g/mol. The molecule has 2 amide bonds. The van der Waals surface area contributed by atoms with E-state index in [1.54, 1.807) is 0 Å². The van der Waals surface area contributed by atoms with Crippen LogP contribution in [-0.4, -0.2) is 107 Å². The van der Waals surface area contributed by atoms with Crippen LogP contribution in [0.5, 0.6) is 0 Å². The van der Waals surface area contributed by atoms with Crippen LogP contribution in [0.2, 0.25) is 0 Å². The molecule has 1 fully saturated rings. The van der Waals surface area contributed by atoms with Gasteiger partial charge in [-0.15, -0.1) is 0 Å². The molecule has 1 heterocycles. The van der Waals surface area contributed by atoms with E-state index in [2.05, 4.69) is 55.1 Å². The number of nitrogens with one attached hydrogen (secondary N) is 2. The molecule has 9 heteroatoms. The first-order chi connectivity index (χ1) is 32.1. The number of aliphatic hydroxyl groups excluding tert-OH is 3. The van der Waals surface area contributed by atoms with Crippen LogP contribution in [0.3, 0.4) is 0 Å². The number of carbonyl (C=O) groups is 2. The summed E-state index contributed by atoms with van der Waals surface area (Å²) in [6.07, 6.45) is 42.6. The summed E-state index contributed by atoms with van der Waals surface area (Å²) in [5.41, 5.74) is 0. The van der Waals surface area contributed by atoms with Crippen molar-refractivity contribution in [1.82, 2.24) is 20.4 Å². The van der Waals surface area contributed by atoms with Crippen molar-refractivity contribution in [2.45, 2.75) is 309 Å². The molecular formula is C57H114N4O5. The van der Waals surface area contributed by atoms with E-state index in [0.717, 1.165) is 90.4 Å². The zero-order valence-electron chi connectivity index (χ0n) is 44.6. The fourth-order valence-corrected chi connectivity index (χ4v) is 10.1. The van der Waals surface area contributed by atoms with Crippen LogP contribution in [0.4, 0.5) is 0 Å². The monoisotopic (exact) mass is 935 g/mol. The molecule has 1 saturated heterocycles. The lowest BCUT2D eigenvalue weighted by atomic mass is 9.99. The molecule has 0 bridgehead atoms. The summed E-state index contributed by atoms with van der Waals surface area (Å²) in [7, 11) is 0. The van der Waals surface area contributed by atoms with Crippen LogP contribution >= 0.6 is 0 Å². The first-order valence-corrected chi connectivity index (χ1v) is 29.2. The van der Waals surface area contributed by atoms with Crippen molar-refractivity contribution in [3.05, 3.63) is 0 Å². The summed E-state index contributed by atoms with van der Waals surface area (Å²) in [6, 6.07) is -1.01. The summed E-state index contributed by atoms with van der Waals surface area (Å²) in [6.45, 7) is 15.9. The molecule has 0 aromatic rings. The van der Waals surface area contributed by atoms with Crippen LogP contribution in [0.1, 0.15) is 279 Å². The number of rotatable bonds is 50. The van der Waals surface area contributed by atoms with Crippen molar-refractivity contribution in [3.63, 3.8) is 0 Å². The number of unbranched alkanes of at least 4 members (excludes halogenated alkanes) is 26. The third kappa shape index (κ3) is 36.7. The van der Waals surface area contributed by atoms with Crippen LogP contribution in [-0.2, 0) is 9.59 Å². The van der Waals surface area contributed by atoms with E-state index in [9.17, 15) is 24.9 Å². The molecule has 392 valence electrons. The first-order valence-electron chi connectivity index (χ1n) is 29.2. The van der Waals surface area contributed by atoms with Gasteiger partial charge in [0, 0.05) is 26.2 Å². The highest BCUT2D eigenvalue weighted by Gasteiger charge is 2.33. The maximum atomic E-state index is 13.3. The van der Waals surface area contributed by atoms with E-state index in [1.807, 2.05) is 0 Å². The highest BCUT2D eigenvalue weighted by molar-refractivity contribution is 5.96. The van der Waals surface area contributed by atoms with Gasteiger partial charge < -0.3 is 30.9 Å². The van der Waals surface area contributed by atoms with Gasteiger partial charge in [-0.25, -0.2) is 0 Å². The van der Waals surface area contributed by atoms with Gasteiger partial charge in [-0.2, -0.15) is 0 Å². The lowest BCUT2D eigenvalue weighted by molar-refractivity contribution is -0.137. The second-order valence-corrected chi connectivity index (χ2v) is 21.3. The molecule has 0 radical (unpaired) electrons. The standard InChI is InChI=1S/C57H114N4O5/c1-6-10-14-18-22-26-30-38-50(5)46-60(47-51(62)39-31-27-23-19-15-11-7-2)44-36-34-42-54-56(65)59-55(57(66)58-54)43-35-37-45-61(48-52(63)40-32-28-24-20-16-12-8-3)49-53(64)41-33-29-25-21-17-13-9-4/h50-55,62-64H,6-49H2,1-5H3,(H,58,66)(H,59,65). The second-order valence-electron chi connectivity index (χ2n) is 21.3. The Morgan fingerprint density at radius 2 is 0.652 bits per heavy atom. The molecule has 1 aliphatic heterocycles. The molecule has 1 rings (SSSR count). The van der Waals surface area contributed by atoms with Crippen molar-refractivity contribution in [2.75, 3.05) is 39.3 Å². The average molecular weight is 936 g/mol. The van der Waals surface area contributed by atoms with E-state index in [0.29, 0.717) is 31.8 Å². The molecule has 0 spiro atoms. The second kappa shape index (κ2) is 44.9. The average Bonchev–Trinajstić information content (AvgIpc) is 3.29. The number of hydrogen-bond acceptors (Lipinski definition) is 7. The zero-order chi connectivity index (χ0) is 48.3. The number of hydrogen-bond donors (Lipinski definition) is 5. The smallest absolute Gasteiger partial charge is 0.243 e. The van der Waals surface area contributed by atoms with E-state index in [4.69, 9.17) is 0 Å². The van der Waals surface area contributed by atoms with Gasteiger partial charge in [-0.3, -0.25) is 14.5 Å². The Balaban J connectivity index is 2.59. The van der Waals surface area contributed by atoms with Crippen molar-refractivity contribution in [2.24, 2.45) is 5.92 Å². The van der Waals surface area contributed by atoms with Crippen molar-refractivity contribution in [1.29, 1.82) is 0 Å². The van der Waals surface area contributed by atoms with Crippen LogP contribution in [0.15, 0.2) is 0 Å². The summed E-state index contributed by atoms with van der Waals surface area (Å²) in [5, 5.41) is 39.2. The maximum absolute atomic E-state index is 13.3. The fourth-order valence-electron chi connectivity index (χ4n) is 10.1. The Labute approximate surface area is 409 Å². The minimum atomic E-state index is -0.515. The molecule has 6 unspecified atom stereocenters. The fraction of sp³-hybridized carbons (Fsp3) is 0.965. The summed E-state index contributed by atoms with van der Waals surface area (Å²) >= 11 is 0. The maximum Gasteiger partial charge on any atom is 0.243 e. The van der Waals surface area contributed by atoms with E-state index in [-0.39, 0.29) is 17.9 Å². The largest absolute Gasteiger partial charge is 0.392 e. The summed E-state index contributed by atoms with van der Waals surface area (Å²) < 4.78 is 0. The van der Waals surface area contributed by atoms with Gasteiger partial charge in [0.15, 0.2) is 0 Å². The number of carbonyl (C=O) groups excluding carboxylic acids is 2. The number of aliphatic hydroxyl groups is 3. The van der Waals surface area contributed by atoms with Crippen molar-refractivity contribution >= 4 is 11.8 Å². The molecule has 66 heavy (non-hydrogen) atoms. The lowest BCUT2D eigenvalue weighted by Crippen LogP contribution is -2.61. The third-order valence-corrected chi connectivity index (χ3v) is 14.4. The van der Waals surface area contributed by atoms with Crippen LogP contribution < -0.4 is 10.6 Å². The minimum Gasteiger partial charge on any atom is -0.392 e. The Hall–Kier alpha value is -1.26. The van der Waals surface area contributed by atoms with Gasteiger partial charge in [0.25, 0.3) is 0 Å². The summed E-state index contributed by atoms with van der Waals surface area (Å²) in [5.74, 6) is 0.432. The number of nitrogens with zero attached hydrogens (tertiary/aromatic N) is 2. The van der Waals surface area contributed by atoms with Crippen molar-refractivity contribution < 1.29 is 24.9 Å². The Morgan fingerprint density at radius 3 is 0.970 bits per heavy atom. The summed E-state index contributed by atoms with van der Waals surface area (Å²) in [4.78, 5) is 31.2. The third-order valence-electron chi connectivity index (χ3n) is 14.4. The van der Waals surface area contributed by atoms with Gasteiger partial charge in [-0.1, -0.05) is 214 Å². The topological polar surface area (TPSA) is 125 Å². The Morgan fingerprint density at radius 1 is 0.379 bits per heavy atom. The molecule has 0 saturated carbocycles. The molecule has 0 aromatic heterocycles. The number of amides is 2. The molecule has 0 aromatic carbocycles. The quantitative estimate of drug-likeness (QED) is 0.0385. The van der Waals surface area contributed by atoms with E-state index >= 15 is 0 Å². The number of piperazine rings is 1. The molecule has 1 aliphatic rings. The van der Waals surface area contributed by atoms with E-state index in [1.165, 1.54) is 167 Å². The molecule has 9 nitrogen and oxygen atoms in total. The highest BCUT2D eigenvalue weighted by Crippen LogP contribution is 2.19. The SMILES string of the molecule is CCCCCCCCCC(C)CN(CCCCC1NC(=O)C(CCCCN(CC(O)CCCCCCCCC)CC(O)CCCCCCCCC)NC1=O)CC(O)CCCCCCCCC. The molecule has 6 atom stereocenters. The van der Waals surface area contributed by atoms with Gasteiger partial charge in [0.1, 0.15) is 12.1 Å². The Kier molecular flexibility index (Phi) is 42.7. The van der Waals surface area contributed by atoms with Gasteiger partial charge in [0.05, 0.1) is 18.3 Å². The van der Waals surface area contributed by atoms with Crippen LogP contribution in [0, 0.1) is 5.92 Å². The molecule has 0 aliphatic carbocycles.